The molecule has 0 aliphatic rings. The van der Waals surface area contributed by atoms with Crippen LogP contribution in [0.1, 0.15) is 25.3 Å². The molecule has 2 radical (unpaired) electrons. The van der Waals surface area contributed by atoms with Gasteiger partial charge in [-0.15, -0.1) is 0 Å². The van der Waals surface area contributed by atoms with E-state index in [1.54, 1.807) is 26.4 Å². The third kappa shape index (κ3) is 4.08. The summed E-state index contributed by atoms with van der Waals surface area (Å²) < 4.78 is 16.1. The van der Waals surface area contributed by atoms with Gasteiger partial charge in [0.05, 0.1) is 13.2 Å². The molecule has 3 heteroatoms. The highest BCUT2D eigenvalue weighted by molar-refractivity contribution is 5.57. The molecule has 0 heterocycles. The van der Waals surface area contributed by atoms with E-state index in [4.69, 9.17) is 20.8 Å². The van der Waals surface area contributed by atoms with Gasteiger partial charge >= 0.3 is 0 Å². The predicted octanol–water partition coefficient (Wildman–Crippen LogP) is 3.14. The topological polar surface area (TPSA) is 27.7 Å². The van der Waals surface area contributed by atoms with Crippen LogP contribution in [0.4, 0.5) is 0 Å². The van der Waals surface area contributed by atoms with Crippen LogP contribution in [0.25, 0.3) is 6.08 Å². The second kappa shape index (κ2) is 7.77. The number of ether oxygens (including phenoxy) is 3. The first kappa shape index (κ1) is 14.6. The minimum atomic E-state index is 0.107. The smallest absolute Gasteiger partial charge is 0.128 e. The van der Waals surface area contributed by atoms with Gasteiger partial charge in [0.25, 0.3) is 0 Å². The van der Waals surface area contributed by atoms with Crippen LogP contribution in [0.5, 0.6) is 11.5 Å². The zero-order valence-electron chi connectivity index (χ0n) is 11.2. The quantitative estimate of drug-likeness (QED) is 0.707. The molecule has 0 saturated carbocycles. The zero-order valence-corrected chi connectivity index (χ0v) is 11.2. The number of methoxy groups -OCH3 is 2. The molecule has 0 aliphatic carbocycles. The highest BCUT2D eigenvalue weighted by Gasteiger charge is 2.08. The molecule has 0 saturated heterocycles. The Labute approximate surface area is 109 Å². The van der Waals surface area contributed by atoms with Crippen molar-refractivity contribution in [3.63, 3.8) is 0 Å². The van der Waals surface area contributed by atoms with Crippen LogP contribution in [0, 0.1) is 12.6 Å². The summed E-state index contributed by atoms with van der Waals surface area (Å²) in [5.41, 5.74) is 0.788. The second-order valence-corrected chi connectivity index (χ2v) is 3.95. The monoisotopic (exact) mass is 248 g/mol. The Morgan fingerprint density at radius 2 is 2.22 bits per heavy atom. The summed E-state index contributed by atoms with van der Waals surface area (Å²) in [6, 6.07) is 6.53. The summed E-state index contributed by atoms with van der Waals surface area (Å²) in [4.78, 5) is 0. The molecule has 0 fully saturated rings. The molecule has 3 nitrogen and oxygen atoms in total. The van der Waals surface area contributed by atoms with E-state index in [1.807, 2.05) is 0 Å². The first-order chi connectivity index (χ1) is 8.74. The number of hydrogen-bond acceptors (Lipinski definition) is 3. The van der Waals surface area contributed by atoms with Crippen molar-refractivity contribution >= 4 is 6.08 Å². The fourth-order valence-electron chi connectivity index (χ4n) is 1.64. The maximum absolute atomic E-state index is 5.64. The molecule has 0 aliphatic heterocycles. The van der Waals surface area contributed by atoms with Gasteiger partial charge in [0.15, 0.2) is 0 Å². The van der Waals surface area contributed by atoms with E-state index in [1.165, 1.54) is 6.08 Å². The minimum absolute atomic E-state index is 0.107. The van der Waals surface area contributed by atoms with Gasteiger partial charge in [0, 0.05) is 18.7 Å². The van der Waals surface area contributed by atoms with Crippen LogP contribution in [0.2, 0.25) is 0 Å². The Hall–Kier alpha value is -1.48. The third-order valence-corrected chi connectivity index (χ3v) is 2.68. The standard InChI is InChI=1S/C15H20O3/c1-5-7-14(16-3)11-18-13-8-9-15(17-4)12(6-2)10-13/h2,6,9-10,14H,5,7,11H2,1,3-4H3. The second-order valence-electron chi connectivity index (χ2n) is 3.95. The lowest BCUT2D eigenvalue weighted by Gasteiger charge is -2.16. The molecular formula is C15H20O3. The van der Waals surface area contributed by atoms with Gasteiger partial charge in [0.2, 0.25) is 0 Å². The fourth-order valence-corrected chi connectivity index (χ4v) is 1.64. The van der Waals surface area contributed by atoms with Crippen molar-refractivity contribution in [3.8, 4) is 11.5 Å². The summed E-state index contributed by atoms with van der Waals surface area (Å²) in [5, 5.41) is 0. The van der Waals surface area contributed by atoms with Crippen molar-refractivity contribution in [1.82, 2.24) is 0 Å². The molecule has 0 amide bonds. The lowest BCUT2D eigenvalue weighted by Crippen LogP contribution is -2.19. The maximum Gasteiger partial charge on any atom is 0.128 e. The van der Waals surface area contributed by atoms with E-state index in [2.05, 4.69) is 13.0 Å². The lowest BCUT2D eigenvalue weighted by molar-refractivity contribution is 0.0515. The summed E-state index contributed by atoms with van der Waals surface area (Å²) in [6.07, 6.45) is 3.63. The average molecular weight is 248 g/mol. The number of rotatable bonds is 8. The Balaban J connectivity index is 2.64. The van der Waals surface area contributed by atoms with Gasteiger partial charge in [-0.3, -0.25) is 0 Å². The third-order valence-electron chi connectivity index (χ3n) is 2.68. The molecule has 1 rings (SSSR count). The van der Waals surface area contributed by atoms with Gasteiger partial charge in [-0.1, -0.05) is 26.0 Å². The van der Waals surface area contributed by atoms with Crippen molar-refractivity contribution in [1.29, 1.82) is 0 Å². The number of hydrogen-bond donors (Lipinski definition) is 0. The largest absolute Gasteiger partial charge is 0.496 e. The van der Waals surface area contributed by atoms with Gasteiger partial charge < -0.3 is 14.2 Å². The van der Waals surface area contributed by atoms with Crippen LogP contribution in [-0.4, -0.2) is 26.9 Å². The summed E-state index contributed by atoms with van der Waals surface area (Å²) in [7, 11) is 3.29. The van der Waals surface area contributed by atoms with Crippen LogP contribution in [-0.2, 0) is 4.74 Å². The predicted molar refractivity (Wildman–Crippen MR) is 71.8 cm³/mol. The molecule has 1 aromatic carbocycles. The Bertz CT molecular complexity index is 374. The molecule has 1 atom stereocenters. The summed E-state index contributed by atoms with van der Waals surface area (Å²) in [6.45, 7) is 8.15. The molecular weight excluding hydrogens is 228 g/mol. The van der Waals surface area contributed by atoms with E-state index in [0.29, 0.717) is 18.1 Å². The fraction of sp³-hybridized carbons (Fsp3) is 0.467. The van der Waals surface area contributed by atoms with Crippen molar-refractivity contribution in [2.24, 2.45) is 0 Å². The lowest BCUT2D eigenvalue weighted by atomic mass is 10.2. The first-order valence-electron chi connectivity index (χ1n) is 6.05. The molecule has 0 N–H and O–H groups in total. The van der Waals surface area contributed by atoms with Gasteiger partial charge in [-0.2, -0.15) is 0 Å². The van der Waals surface area contributed by atoms with E-state index < -0.39 is 0 Å². The molecule has 18 heavy (non-hydrogen) atoms. The highest BCUT2D eigenvalue weighted by Crippen LogP contribution is 2.24. The van der Waals surface area contributed by atoms with Crippen molar-refractivity contribution < 1.29 is 14.2 Å². The van der Waals surface area contributed by atoms with Crippen molar-refractivity contribution in [2.75, 3.05) is 20.8 Å². The molecule has 0 aromatic heterocycles. The SMILES string of the molecule is [CH]=Cc1cc(OCC(CCC)OC)[c]cc1OC. The minimum Gasteiger partial charge on any atom is -0.496 e. The van der Waals surface area contributed by atoms with E-state index in [0.717, 1.165) is 18.4 Å². The highest BCUT2D eigenvalue weighted by atomic mass is 16.5. The van der Waals surface area contributed by atoms with Crippen LogP contribution >= 0.6 is 0 Å². The van der Waals surface area contributed by atoms with E-state index >= 15 is 0 Å². The van der Waals surface area contributed by atoms with Crippen molar-refractivity contribution in [3.05, 3.63) is 30.3 Å². The Morgan fingerprint density at radius 1 is 1.44 bits per heavy atom. The molecule has 98 valence electrons. The Morgan fingerprint density at radius 3 is 2.78 bits per heavy atom. The van der Waals surface area contributed by atoms with Crippen LogP contribution in [0.3, 0.4) is 0 Å². The van der Waals surface area contributed by atoms with Gasteiger partial charge in [-0.05, 0) is 18.6 Å². The maximum atomic E-state index is 5.64. The van der Waals surface area contributed by atoms with Crippen LogP contribution in [0.15, 0.2) is 12.1 Å². The van der Waals surface area contributed by atoms with Crippen molar-refractivity contribution in [2.45, 2.75) is 25.9 Å². The molecule has 1 aromatic rings. The number of benzene rings is 1. The normalized spacial score (nSPS) is 11.9. The van der Waals surface area contributed by atoms with Crippen LogP contribution < -0.4 is 9.47 Å². The zero-order chi connectivity index (χ0) is 13.4. The molecule has 0 bridgehead atoms. The Kier molecular flexibility index (Phi) is 6.29. The average Bonchev–Trinajstić information content (AvgIpc) is 2.42. The molecule has 0 spiro atoms. The van der Waals surface area contributed by atoms with Gasteiger partial charge in [-0.25, -0.2) is 0 Å². The first-order valence-corrected chi connectivity index (χ1v) is 6.05. The summed E-state index contributed by atoms with van der Waals surface area (Å²) in [5.74, 6) is 1.33. The van der Waals surface area contributed by atoms with E-state index in [9.17, 15) is 0 Å². The van der Waals surface area contributed by atoms with E-state index in [-0.39, 0.29) is 6.10 Å². The van der Waals surface area contributed by atoms with Gasteiger partial charge in [0.1, 0.15) is 18.1 Å². The molecule has 1 unspecified atom stereocenters. The summed E-state index contributed by atoms with van der Waals surface area (Å²) >= 11 is 0.